The van der Waals surface area contributed by atoms with Crippen molar-refractivity contribution in [2.45, 2.75) is 45.2 Å². The van der Waals surface area contributed by atoms with Crippen LogP contribution in [0.5, 0.6) is 0 Å². The van der Waals surface area contributed by atoms with E-state index in [2.05, 4.69) is 18.7 Å². The van der Waals surface area contributed by atoms with Crippen molar-refractivity contribution in [2.75, 3.05) is 13.1 Å². The summed E-state index contributed by atoms with van der Waals surface area (Å²) in [6.45, 7) is 7.89. The van der Waals surface area contributed by atoms with Gasteiger partial charge in [-0.2, -0.15) is 0 Å². The molecule has 1 aromatic rings. The quantitative estimate of drug-likeness (QED) is 0.893. The van der Waals surface area contributed by atoms with Gasteiger partial charge in [0.2, 0.25) is 0 Å². The van der Waals surface area contributed by atoms with Crippen LogP contribution in [0.25, 0.3) is 0 Å². The Bertz CT molecular complexity index is 429. The molecule has 1 saturated heterocycles. The number of hydrogen-bond acceptors (Lipinski definition) is 2. The van der Waals surface area contributed by atoms with Gasteiger partial charge in [0.25, 0.3) is 0 Å². The maximum Gasteiger partial charge on any atom is 0.128 e. The third kappa shape index (κ3) is 2.43. The first-order chi connectivity index (χ1) is 8.45. The lowest BCUT2D eigenvalue weighted by molar-refractivity contribution is 0.117. The van der Waals surface area contributed by atoms with Gasteiger partial charge in [0.05, 0.1) is 6.04 Å². The van der Waals surface area contributed by atoms with E-state index in [1.807, 2.05) is 19.1 Å². The molecule has 1 atom stereocenters. The fraction of sp³-hybridized carbons (Fsp3) is 0.600. The molecule has 2 N–H and O–H groups in total. The van der Waals surface area contributed by atoms with E-state index in [1.54, 1.807) is 6.07 Å². The van der Waals surface area contributed by atoms with Gasteiger partial charge in [0.1, 0.15) is 5.82 Å². The number of rotatable bonds is 3. The summed E-state index contributed by atoms with van der Waals surface area (Å²) < 4.78 is 14.0. The first-order valence-electron chi connectivity index (χ1n) is 6.68. The van der Waals surface area contributed by atoms with Crippen molar-refractivity contribution in [2.24, 2.45) is 5.73 Å². The molecule has 0 aromatic heterocycles. The number of nitrogens with two attached hydrogens (primary N) is 1. The molecule has 3 heteroatoms. The maximum atomic E-state index is 14.0. The van der Waals surface area contributed by atoms with E-state index in [0.717, 1.165) is 30.5 Å². The highest BCUT2D eigenvalue weighted by atomic mass is 19.1. The highest BCUT2D eigenvalue weighted by Gasteiger charge is 2.37. The van der Waals surface area contributed by atoms with Gasteiger partial charge in [0.15, 0.2) is 0 Å². The fourth-order valence-electron chi connectivity index (χ4n) is 3.05. The van der Waals surface area contributed by atoms with Crippen LogP contribution in [0.2, 0.25) is 0 Å². The van der Waals surface area contributed by atoms with E-state index in [0.29, 0.717) is 6.54 Å². The normalized spacial score (nSPS) is 21.2. The van der Waals surface area contributed by atoms with Crippen LogP contribution in [0, 0.1) is 12.7 Å². The topological polar surface area (TPSA) is 29.3 Å². The Morgan fingerprint density at radius 2 is 2.17 bits per heavy atom. The lowest BCUT2D eigenvalue weighted by Crippen LogP contribution is -2.43. The van der Waals surface area contributed by atoms with Gasteiger partial charge in [-0.15, -0.1) is 0 Å². The van der Waals surface area contributed by atoms with Crippen LogP contribution in [-0.2, 0) is 0 Å². The molecule has 18 heavy (non-hydrogen) atoms. The SMILES string of the molecule is Cc1ccc(F)c(C(CN)N2CCCC2(C)C)c1. The Kier molecular flexibility index (Phi) is 3.74. The van der Waals surface area contributed by atoms with Crippen molar-refractivity contribution in [3.8, 4) is 0 Å². The van der Waals surface area contributed by atoms with E-state index in [1.165, 1.54) is 0 Å². The molecule has 1 aromatic carbocycles. The van der Waals surface area contributed by atoms with Crippen LogP contribution in [0.4, 0.5) is 4.39 Å². The molecule has 1 aliphatic heterocycles. The molecule has 0 spiro atoms. The summed E-state index contributed by atoms with van der Waals surface area (Å²) in [5.74, 6) is -0.140. The summed E-state index contributed by atoms with van der Waals surface area (Å²) in [6, 6.07) is 5.28. The average molecular weight is 250 g/mol. The third-order valence-corrected chi connectivity index (χ3v) is 4.08. The Labute approximate surface area is 109 Å². The molecule has 2 nitrogen and oxygen atoms in total. The molecule has 1 fully saturated rings. The summed E-state index contributed by atoms with van der Waals surface area (Å²) in [4.78, 5) is 2.35. The summed E-state index contributed by atoms with van der Waals surface area (Å²) in [6.07, 6.45) is 2.31. The second kappa shape index (κ2) is 4.98. The highest BCUT2D eigenvalue weighted by Crippen LogP contribution is 2.36. The highest BCUT2D eigenvalue weighted by molar-refractivity contribution is 5.28. The number of hydrogen-bond donors (Lipinski definition) is 1. The molecule has 2 rings (SSSR count). The minimum Gasteiger partial charge on any atom is -0.329 e. The summed E-state index contributed by atoms with van der Waals surface area (Å²) in [5, 5.41) is 0. The van der Waals surface area contributed by atoms with Crippen molar-refractivity contribution in [1.82, 2.24) is 4.90 Å². The van der Waals surface area contributed by atoms with Crippen LogP contribution in [0.1, 0.15) is 43.9 Å². The van der Waals surface area contributed by atoms with Crippen molar-refractivity contribution in [3.05, 3.63) is 35.1 Å². The molecule has 0 amide bonds. The molecule has 1 aliphatic rings. The van der Waals surface area contributed by atoms with Crippen molar-refractivity contribution in [1.29, 1.82) is 0 Å². The smallest absolute Gasteiger partial charge is 0.128 e. The summed E-state index contributed by atoms with van der Waals surface area (Å²) >= 11 is 0. The lowest BCUT2D eigenvalue weighted by atomic mass is 9.96. The first kappa shape index (κ1) is 13.5. The van der Waals surface area contributed by atoms with Crippen LogP contribution in [-0.4, -0.2) is 23.5 Å². The van der Waals surface area contributed by atoms with E-state index >= 15 is 0 Å². The zero-order valence-electron chi connectivity index (χ0n) is 11.5. The summed E-state index contributed by atoms with van der Waals surface area (Å²) in [7, 11) is 0. The van der Waals surface area contributed by atoms with Crippen LogP contribution >= 0.6 is 0 Å². The number of halogens is 1. The van der Waals surface area contributed by atoms with Gasteiger partial charge in [-0.05, 0) is 46.2 Å². The average Bonchev–Trinajstić information content (AvgIpc) is 2.65. The van der Waals surface area contributed by atoms with Crippen LogP contribution < -0.4 is 5.73 Å². The monoisotopic (exact) mass is 250 g/mol. The molecule has 0 radical (unpaired) electrons. The number of benzene rings is 1. The van der Waals surface area contributed by atoms with Gasteiger partial charge in [-0.1, -0.05) is 17.7 Å². The Morgan fingerprint density at radius 1 is 1.44 bits per heavy atom. The van der Waals surface area contributed by atoms with Gasteiger partial charge < -0.3 is 5.73 Å². The van der Waals surface area contributed by atoms with E-state index < -0.39 is 0 Å². The molecule has 1 unspecified atom stereocenters. The molecule has 100 valence electrons. The Morgan fingerprint density at radius 3 is 2.72 bits per heavy atom. The van der Waals surface area contributed by atoms with Crippen LogP contribution in [0.3, 0.4) is 0 Å². The van der Waals surface area contributed by atoms with Crippen LogP contribution in [0.15, 0.2) is 18.2 Å². The zero-order chi connectivity index (χ0) is 13.3. The van der Waals surface area contributed by atoms with Crippen molar-refractivity contribution in [3.63, 3.8) is 0 Å². The molecule has 0 saturated carbocycles. The standard InChI is InChI=1S/C15H23FN2/c1-11-5-6-13(16)12(9-11)14(10-17)18-8-4-7-15(18,2)3/h5-6,9,14H,4,7-8,10,17H2,1-3H3. The van der Waals surface area contributed by atoms with E-state index in [-0.39, 0.29) is 17.4 Å². The third-order valence-electron chi connectivity index (χ3n) is 4.08. The largest absolute Gasteiger partial charge is 0.329 e. The number of nitrogens with zero attached hydrogens (tertiary/aromatic N) is 1. The fourth-order valence-corrected chi connectivity index (χ4v) is 3.05. The van der Waals surface area contributed by atoms with Crippen molar-refractivity contribution < 1.29 is 4.39 Å². The predicted octanol–water partition coefficient (Wildman–Crippen LogP) is 3.01. The predicted molar refractivity (Wildman–Crippen MR) is 73.0 cm³/mol. The van der Waals surface area contributed by atoms with E-state index in [9.17, 15) is 4.39 Å². The Balaban J connectivity index is 2.36. The lowest BCUT2D eigenvalue weighted by Gasteiger charge is -2.38. The summed E-state index contributed by atoms with van der Waals surface area (Å²) in [5.41, 5.74) is 7.86. The molecule has 0 aliphatic carbocycles. The zero-order valence-corrected chi connectivity index (χ0v) is 11.5. The van der Waals surface area contributed by atoms with Crippen molar-refractivity contribution >= 4 is 0 Å². The van der Waals surface area contributed by atoms with Gasteiger partial charge in [0, 0.05) is 17.6 Å². The Hall–Kier alpha value is -0.930. The molecule has 0 bridgehead atoms. The second-order valence-electron chi connectivity index (χ2n) is 5.89. The molecule has 1 heterocycles. The van der Waals surface area contributed by atoms with Gasteiger partial charge >= 0.3 is 0 Å². The minimum absolute atomic E-state index is 0.0117. The molecular weight excluding hydrogens is 227 g/mol. The number of aryl methyl sites for hydroxylation is 1. The maximum absolute atomic E-state index is 14.0. The minimum atomic E-state index is -0.140. The van der Waals surface area contributed by atoms with Gasteiger partial charge in [-0.3, -0.25) is 4.90 Å². The number of likely N-dealkylation sites (tertiary alicyclic amines) is 1. The van der Waals surface area contributed by atoms with E-state index in [4.69, 9.17) is 5.73 Å². The molecular formula is C15H23FN2. The first-order valence-corrected chi connectivity index (χ1v) is 6.68. The second-order valence-corrected chi connectivity index (χ2v) is 5.89. The van der Waals surface area contributed by atoms with Gasteiger partial charge in [-0.25, -0.2) is 4.39 Å².